The van der Waals surface area contributed by atoms with E-state index in [0.717, 1.165) is 0 Å². The van der Waals surface area contributed by atoms with Gasteiger partial charge in [0.2, 0.25) is 5.91 Å². The average molecular weight is 201 g/mol. The van der Waals surface area contributed by atoms with Crippen LogP contribution in [0.15, 0.2) is 0 Å². The monoisotopic (exact) mass is 201 g/mol. The summed E-state index contributed by atoms with van der Waals surface area (Å²) in [5.41, 5.74) is 7.00. The van der Waals surface area contributed by atoms with Gasteiger partial charge in [0.1, 0.15) is 6.10 Å². The van der Waals surface area contributed by atoms with E-state index in [4.69, 9.17) is 16.3 Å². The summed E-state index contributed by atoms with van der Waals surface area (Å²) in [4.78, 5) is 21.6. The second-order valence-electron chi connectivity index (χ2n) is 3.42. The third-order valence-corrected chi connectivity index (χ3v) is 2.47. The zero-order chi connectivity index (χ0) is 10.6. The molecule has 5 N–H and O–H groups in total. The highest BCUT2D eigenvalue weighted by Gasteiger charge is 2.27. The second-order valence-corrected chi connectivity index (χ2v) is 3.42. The van der Waals surface area contributed by atoms with Crippen molar-refractivity contribution in [2.45, 2.75) is 31.8 Å². The summed E-state index contributed by atoms with van der Waals surface area (Å²) in [6, 6.07) is 0. The summed E-state index contributed by atoms with van der Waals surface area (Å²) >= 11 is 0. The Balaban J connectivity index is 2.31. The number of hydrazine groups is 1. The van der Waals surface area contributed by atoms with Crippen molar-refractivity contribution in [3.05, 3.63) is 0 Å². The van der Waals surface area contributed by atoms with Gasteiger partial charge in [-0.05, 0) is 25.7 Å². The van der Waals surface area contributed by atoms with Gasteiger partial charge in [-0.2, -0.15) is 0 Å². The van der Waals surface area contributed by atoms with E-state index < -0.39 is 6.09 Å². The highest BCUT2D eigenvalue weighted by molar-refractivity contribution is 5.78. The van der Waals surface area contributed by atoms with Crippen molar-refractivity contribution in [2.75, 3.05) is 0 Å². The molecule has 0 aliphatic heterocycles. The maximum Gasteiger partial charge on any atom is 0.404 e. The fourth-order valence-electron chi connectivity index (χ4n) is 1.72. The number of nitrogens with one attached hydrogen (secondary N) is 1. The highest BCUT2D eigenvalue weighted by Crippen LogP contribution is 2.26. The van der Waals surface area contributed by atoms with Crippen molar-refractivity contribution >= 4 is 12.0 Å². The van der Waals surface area contributed by atoms with Gasteiger partial charge < -0.3 is 10.5 Å². The zero-order valence-corrected chi connectivity index (χ0v) is 7.86. The Labute approximate surface area is 81.9 Å². The van der Waals surface area contributed by atoms with Crippen LogP contribution in [-0.4, -0.2) is 18.1 Å². The third-order valence-electron chi connectivity index (χ3n) is 2.47. The number of hydrogen-bond acceptors (Lipinski definition) is 4. The van der Waals surface area contributed by atoms with Crippen LogP contribution in [0.2, 0.25) is 0 Å². The first-order valence-corrected chi connectivity index (χ1v) is 4.60. The summed E-state index contributed by atoms with van der Waals surface area (Å²) in [6.45, 7) is 0. The summed E-state index contributed by atoms with van der Waals surface area (Å²) in [5.74, 6) is 4.80. The molecule has 0 saturated heterocycles. The fraction of sp³-hybridized carbons (Fsp3) is 0.750. The Hall–Kier alpha value is -1.30. The molecule has 2 amide bonds. The van der Waals surface area contributed by atoms with Crippen LogP contribution < -0.4 is 17.0 Å². The standard InChI is InChI=1S/C8H15N3O3/c9-8(13)14-6-3-1-5(2-4-6)7(12)11-10/h5-6H,1-4,10H2,(H2,9,13)(H,11,12). The predicted octanol–water partition coefficient (Wildman–Crippen LogP) is -0.370. The Morgan fingerprint density at radius 1 is 1.21 bits per heavy atom. The molecular formula is C8H15N3O3. The molecule has 0 unspecified atom stereocenters. The van der Waals surface area contributed by atoms with Gasteiger partial charge >= 0.3 is 6.09 Å². The van der Waals surface area contributed by atoms with Gasteiger partial charge in [-0.25, -0.2) is 10.6 Å². The molecule has 0 heterocycles. The van der Waals surface area contributed by atoms with Gasteiger partial charge in [0.25, 0.3) is 0 Å². The summed E-state index contributed by atoms with van der Waals surface area (Å²) in [6.07, 6.45) is 1.80. The molecule has 14 heavy (non-hydrogen) atoms. The van der Waals surface area contributed by atoms with Crippen LogP contribution >= 0.6 is 0 Å². The first-order chi connectivity index (χ1) is 6.63. The SMILES string of the molecule is NNC(=O)C1CCC(OC(N)=O)CC1. The Kier molecular flexibility index (Phi) is 3.70. The Bertz CT molecular complexity index is 224. The number of amides is 2. The lowest BCUT2D eigenvalue weighted by Gasteiger charge is -2.26. The van der Waals surface area contributed by atoms with Crippen molar-refractivity contribution < 1.29 is 14.3 Å². The number of hydrogen-bond donors (Lipinski definition) is 3. The summed E-state index contributed by atoms with van der Waals surface area (Å²) in [7, 11) is 0. The minimum Gasteiger partial charge on any atom is -0.446 e. The van der Waals surface area contributed by atoms with E-state index in [1.807, 2.05) is 0 Å². The van der Waals surface area contributed by atoms with Crippen LogP contribution in [0.4, 0.5) is 4.79 Å². The van der Waals surface area contributed by atoms with Gasteiger partial charge in [-0.3, -0.25) is 10.2 Å². The Morgan fingerprint density at radius 3 is 2.21 bits per heavy atom. The topological polar surface area (TPSA) is 107 Å². The Morgan fingerprint density at radius 2 is 1.79 bits per heavy atom. The highest BCUT2D eigenvalue weighted by atomic mass is 16.6. The van der Waals surface area contributed by atoms with E-state index in [2.05, 4.69) is 5.43 Å². The van der Waals surface area contributed by atoms with E-state index >= 15 is 0 Å². The number of carbonyl (C=O) groups is 2. The number of rotatable bonds is 2. The van der Waals surface area contributed by atoms with Crippen molar-refractivity contribution in [1.29, 1.82) is 0 Å². The van der Waals surface area contributed by atoms with Crippen LogP contribution in [0.25, 0.3) is 0 Å². The van der Waals surface area contributed by atoms with Crippen molar-refractivity contribution in [3.63, 3.8) is 0 Å². The lowest BCUT2D eigenvalue weighted by atomic mass is 9.87. The third kappa shape index (κ3) is 2.88. The molecule has 1 rings (SSSR count). The lowest BCUT2D eigenvalue weighted by Crippen LogP contribution is -2.39. The minimum absolute atomic E-state index is 0.0623. The maximum absolute atomic E-state index is 11.1. The van der Waals surface area contributed by atoms with Gasteiger partial charge in [0.15, 0.2) is 0 Å². The molecule has 0 atom stereocenters. The molecule has 1 aliphatic rings. The summed E-state index contributed by atoms with van der Waals surface area (Å²) in [5, 5.41) is 0. The van der Waals surface area contributed by atoms with E-state index in [0.29, 0.717) is 25.7 Å². The molecule has 80 valence electrons. The molecular weight excluding hydrogens is 186 g/mol. The number of carbonyl (C=O) groups excluding carboxylic acids is 2. The van der Waals surface area contributed by atoms with Crippen molar-refractivity contribution in [2.24, 2.45) is 17.5 Å². The first kappa shape index (κ1) is 10.8. The van der Waals surface area contributed by atoms with Gasteiger partial charge in [-0.1, -0.05) is 0 Å². The van der Waals surface area contributed by atoms with E-state index in [1.54, 1.807) is 0 Å². The maximum atomic E-state index is 11.1. The van der Waals surface area contributed by atoms with Crippen LogP contribution in [0, 0.1) is 5.92 Å². The predicted molar refractivity (Wildman–Crippen MR) is 48.7 cm³/mol. The van der Waals surface area contributed by atoms with Crippen LogP contribution in [0.3, 0.4) is 0 Å². The van der Waals surface area contributed by atoms with E-state index in [-0.39, 0.29) is 17.9 Å². The molecule has 6 nitrogen and oxygen atoms in total. The molecule has 1 aliphatic carbocycles. The molecule has 0 aromatic rings. The van der Waals surface area contributed by atoms with Gasteiger partial charge in [0.05, 0.1) is 0 Å². The van der Waals surface area contributed by atoms with Crippen LogP contribution in [0.1, 0.15) is 25.7 Å². The molecule has 1 saturated carbocycles. The van der Waals surface area contributed by atoms with Gasteiger partial charge in [0, 0.05) is 5.92 Å². The van der Waals surface area contributed by atoms with E-state index in [9.17, 15) is 9.59 Å². The molecule has 6 heteroatoms. The normalized spacial score (nSPS) is 26.6. The van der Waals surface area contributed by atoms with Crippen LogP contribution in [0.5, 0.6) is 0 Å². The zero-order valence-electron chi connectivity index (χ0n) is 7.86. The molecule has 0 aromatic carbocycles. The number of nitrogens with two attached hydrogens (primary N) is 2. The summed E-state index contributed by atoms with van der Waals surface area (Å²) < 4.78 is 4.83. The van der Waals surface area contributed by atoms with E-state index in [1.165, 1.54) is 0 Å². The molecule has 0 aromatic heterocycles. The quantitative estimate of drug-likeness (QED) is 0.322. The van der Waals surface area contributed by atoms with Crippen molar-refractivity contribution in [1.82, 2.24) is 5.43 Å². The molecule has 0 spiro atoms. The minimum atomic E-state index is -0.753. The average Bonchev–Trinajstić information content (AvgIpc) is 2.17. The fourth-order valence-corrected chi connectivity index (χ4v) is 1.72. The second kappa shape index (κ2) is 4.80. The molecule has 0 radical (unpaired) electrons. The van der Waals surface area contributed by atoms with Crippen molar-refractivity contribution in [3.8, 4) is 0 Å². The smallest absolute Gasteiger partial charge is 0.404 e. The first-order valence-electron chi connectivity index (χ1n) is 4.60. The van der Waals surface area contributed by atoms with Gasteiger partial charge in [-0.15, -0.1) is 0 Å². The molecule has 0 bridgehead atoms. The number of primary amides is 1. The largest absolute Gasteiger partial charge is 0.446 e. The lowest BCUT2D eigenvalue weighted by molar-refractivity contribution is -0.126. The number of ether oxygens (including phenoxy) is 1. The molecule has 1 fully saturated rings. The van der Waals surface area contributed by atoms with Crippen LogP contribution in [-0.2, 0) is 9.53 Å².